The Morgan fingerprint density at radius 1 is 1.03 bits per heavy atom. The summed E-state index contributed by atoms with van der Waals surface area (Å²) in [5.74, 6) is -0.312. The molecule has 0 saturated heterocycles. The highest BCUT2D eigenvalue weighted by molar-refractivity contribution is 8.25. The standard InChI is InChI=1S/C25H27NO6S3/c1-7-31-22(28)18-12-25(33-13-19(35-25)23(29)32-8-2)20-16-11-15(30-6)9-10-17(16)26(14(3)27)24(4,5)21(20)34-18/h9-13H,7-8H2,1-6H3. The van der Waals surface area contributed by atoms with Crippen molar-refractivity contribution in [1.82, 2.24) is 0 Å². The van der Waals surface area contributed by atoms with Crippen LogP contribution < -0.4 is 9.64 Å². The van der Waals surface area contributed by atoms with Gasteiger partial charge in [0.15, 0.2) is 0 Å². The Bertz CT molecular complexity index is 1200. The van der Waals surface area contributed by atoms with Crippen molar-refractivity contribution < 1.29 is 28.6 Å². The second-order valence-corrected chi connectivity index (χ2v) is 12.1. The van der Waals surface area contributed by atoms with Crippen LogP contribution in [0.1, 0.15) is 40.2 Å². The van der Waals surface area contributed by atoms with E-state index in [2.05, 4.69) is 0 Å². The summed E-state index contributed by atoms with van der Waals surface area (Å²) >= 11 is 4.10. The number of thioether (sulfide) groups is 3. The first-order valence-electron chi connectivity index (χ1n) is 11.2. The third kappa shape index (κ3) is 4.29. The lowest BCUT2D eigenvalue weighted by atomic mass is 9.85. The van der Waals surface area contributed by atoms with E-state index < -0.39 is 21.6 Å². The Hall–Kier alpha value is -2.30. The number of esters is 2. The molecule has 35 heavy (non-hydrogen) atoms. The molecule has 186 valence electrons. The molecule has 1 spiro atoms. The van der Waals surface area contributed by atoms with Gasteiger partial charge >= 0.3 is 11.9 Å². The number of methoxy groups -OCH3 is 1. The fraction of sp³-hybridized carbons (Fsp3) is 0.400. The van der Waals surface area contributed by atoms with Crippen LogP contribution >= 0.6 is 35.3 Å². The Kier molecular flexibility index (Phi) is 7.09. The lowest BCUT2D eigenvalue weighted by Crippen LogP contribution is -2.52. The zero-order valence-electron chi connectivity index (χ0n) is 20.4. The number of fused-ring (bicyclic) bond motifs is 3. The van der Waals surface area contributed by atoms with E-state index in [9.17, 15) is 14.4 Å². The smallest absolute Gasteiger partial charge is 0.345 e. The van der Waals surface area contributed by atoms with Crippen LogP contribution in [0.2, 0.25) is 0 Å². The van der Waals surface area contributed by atoms with Crippen LogP contribution in [0.25, 0.3) is 5.57 Å². The molecule has 7 nitrogen and oxygen atoms in total. The molecule has 0 radical (unpaired) electrons. The Morgan fingerprint density at radius 3 is 2.29 bits per heavy atom. The normalized spacial score (nSPS) is 22.2. The molecule has 0 aromatic heterocycles. The molecule has 0 aliphatic carbocycles. The maximum absolute atomic E-state index is 12.9. The molecule has 1 amide bonds. The Balaban J connectivity index is 1.97. The van der Waals surface area contributed by atoms with Crippen LogP contribution in [0, 0.1) is 0 Å². The molecule has 3 heterocycles. The summed E-state index contributed by atoms with van der Waals surface area (Å²) in [5, 5.41) is 1.78. The summed E-state index contributed by atoms with van der Waals surface area (Å²) in [6.07, 6.45) is 1.87. The van der Waals surface area contributed by atoms with Gasteiger partial charge in [-0.15, -0.1) is 11.8 Å². The van der Waals surface area contributed by atoms with Gasteiger partial charge in [-0.25, -0.2) is 9.59 Å². The molecule has 3 aliphatic heterocycles. The van der Waals surface area contributed by atoms with Gasteiger partial charge in [-0.1, -0.05) is 23.5 Å². The highest BCUT2D eigenvalue weighted by Gasteiger charge is 2.53. The Labute approximate surface area is 217 Å². The van der Waals surface area contributed by atoms with Crippen LogP contribution in [0.5, 0.6) is 5.75 Å². The van der Waals surface area contributed by atoms with Gasteiger partial charge in [0.2, 0.25) is 5.91 Å². The van der Waals surface area contributed by atoms with Crippen molar-refractivity contribution in [3.63, 3.8) is 0 Å². The number of rotatable bonds is 5. The molecular formula is C25H27NO6S3. The van der Waals surface area contributed by atoms with Gasteiger partial charge in [-0.3, -0.25) is 4.79 Å². The minimum absolute atomic E-state index is 0.119. The van der Waals surface area contributed by atoms with E-state index in [1.165, 1.54) is 42.2 Å². The lowest BCUT2D eigenvalue weighted by molar-refractivity contribution is -0.138. The molecule has 1 unspecified atom stereocenters. The third-order valence-corrected chi connectivity index (χ3v) is 10.1. The second kappa shape index (κ2) is 9.63. The van der Waals surface area contributed by atoms with Gasteiger partial charge in [0.1, 0.15) is 14.7 Å². The monoisotopic (exact) mass is 533 g/mol. The highest BCUT2D eigenvalue weighted by atomic mass is 32.2. The zero-order chi connectivity index (χ0) is 25.5. The van der Waals surface area contributed by atoms with E-state index in [1.54, 1.807) is 31.3 Å². The molecule has 1 aromatic rings. The zero-order valence-corrected chi connectivity index (χ0v) is 22.9. The fourth-order valence-electron chi connectivity index (χ4n) is 4.46. The molecule has 0 saturated carbocycles. The summed E-state index contributed by atoms with van der Waals surface area (Å²) in [5.41, 5.74) is 1.73. The number of carbonyl (C=O) groups is 3. The summed E-state index contributed by atoms with van der Waals surface area (Å²) in [7, 11) is 1.59. The van der Waals surface area contributed by atoms with E-state index >= 15 is 0 Å². The summed E-state index contributed by atoms with van der Waals surface area (Å²) in [6.45, 7) is 9.50. The molecule has 1 aromatic carbocycles. The van der Waals surface area contributed by atoms with E-state index in [0.29, 0.717) is 15.6 Å². The van der Waals surface area contributed by atoms with Crippen LogP contribution in [-0.2, 0) is 23.9 Å². The van der Waals surface area contributed by atoms with E-state index in [0.717, 1.165) is 21.7 Å². The number of nitrogens with zero attached hydrogens (tertiary/aromatic N) is 1. The van der Waals surface area contributed by atoms with Gasteiger partial charge in [0, 0.05) is 23.0 Å². The van der Waals surface area contributed by atoms with Crippen molar-refractivity contribution in [3.8, 4) is 5.75 Å². The van der Waals surface area contributed by atoms with Crippen LogP contribution in [-0.4, -0.2) is 47.8 Å². The SMILES string of the molecule is CCOC(=O)C1=CC2(SC=C(C(=O)OCC)S2)C2=C(S1)C(C)(C)N(C(C)=O)c1ccc(OC)cc12. The number of hydrogen-bond donors (Lipinski definition) is 0. The lowest BCUT2D eigenvalue weighted by Gasteiger charge is -2.49. The summed E-state index contributed by atoms with van der Waals surface area (Å²) in [4.78, 5) is 42.0. The average molecular weight is 534 g/mol. The maximum Gasteiger partial charge on any atom is 0.345 e. The first kappa shape index (κ1) is 25.8. The number of hydrogen-bond acceptors (Lipinski definition) is 9. The highest BCUT2D eigenvalue weighted by Crippen LogP contribution is 2.66. The third-order valence-electron chi connectivity index (χ3n) is 5.81. The minimum Gasteiger partial charge on any atom is -0.497 e. The van der Waals surface area contributed by atoms with Gasteiger partial charge in [0.05, 0.1) is 36.5 Å². The predicted molar refractivity (Wildman–Crippen MR) is 142 cm³/mol. The Morgan fingerprint density at radius 2 is 1.69 bits per heavy atom. The van der Waals surface area contributed by atoms with Gasteiger partial charge in [-0.05, 0) is 57.4 Å². The molecule has 0 N–H and O–H groups in total. The van der Waals surface area contributed by atoms with Gasteiger partial charge in [0.25, 0.3) is 0 Å². The van der Waals surface area contributed by atoms with Crippen molar-refractivity contribution in [1.29, 1.82) is 0 Å². The molecule has 0 fully saturated rings. The van der Waals surface area contributed by atoms with E-state index in [1.807, 2.05) is 38.1 Å². The molecular weight excluding hydrogens is 506 g/mol. The first-order valence-corrected chi connectivity index (χ1v) is 13.7. The number of ether oxygens (including phenoxy) is 3. The molecule has 0 bridgehead atoms. The minimum atomic E-state index is -0.827. The van der Waals surface area contributed by atoms with Gasteiger partial charge < -0.3 is 19.1 Å². The van der Waals surface area contributed by atoms with Gasteiger partial charge in [-0.2, -0.15) is 0 Å². The average Bonchev–Trinajstić information content (AvgIpc) is 3.22. The van der Waals surface area contributed by atoms with Crippen molar-refractivity contribution in [2.75, 3.05) is 25.2 Å². The van der Waals surface area contributed by atoms with E-state index in [4.69, 9.17) is 14.2 Å². The number of anilines is 1. The fourth-order valence-corrected chi connectivity index (χ4v) is 8.85. The molecule has 4 rings (SSSR count). The molecule has 1 atom stereocenters. The van der Waals surface area contributed by atoms with Crippen molar-refractivity contribution in [2.45, 2.75) is 44.2 Å². The van der Waals surface area contributed by atoms with Crippen molar-refractivity contribution in [3.05, 3.63) is 50.0 Å². The maximum atomic E-state index is 12.9. The number of carbonyl (C=O) groups excluding carboxylic acids is 3. The predicted octanol–water partition coefficient (Wildman–Crippen LogP) is 5.33. The van der Waals surface area contributed by atoms with Crippen LogP contribution in [0.4, 0.5) is 5.69 Å². The van der Waals surface area contributed by atoms with Crippen molar-refractivity contribution >= 4 is 64.4 Å². The quantitative estimate of drug-likeness (QED) is 0.467. The summed E-state index contributed by atoms with van der Waals surface area (Å²) < 4.78 is 15.3. The van der Waals surface area contributed by atoms with Crippen LogP contribution in [0.15, 0.2) is 44.4 Å². The largest absolute Gasteiger partial charge is 0.497 e. The second-order valence-electron chi connectivity index (χ2n) is 8.42. The molecule has 3 aliphatic rings. The molecule has 10 heteroatoms. The topological polar surface area (TPSA) is 82.1 Å². The van der Waals surface area contributed by atoms with E-state index in [-0.39, 0.29) is 19.1 Å². The van der Waals surface area contributed by atoms with Crippen LogP contribution in [0.3, 0.4) is 0 Å². The number of amides is 1. The van der Waals surface area contributed by atoms with Crippen molar-refractivity contribution in [2.24, 2.45) is 0 Å². The first-order chi connectivity index (χ1) is 16.6. The number of benzene rings is 1. The summed E-state index contributed by atoms with van der Waals surface area (Å²) in [6, 6.07) is 5.62.